The van der Waals surface area contributed by atoms with Gasteiger partial charge >= 0.3 is 12.2 Å². The fourth-order valence-corrected chi connectivity index (χ4v) is 2.94. The molecule has 1 N–H and O–H groups in total. The third-order valence-electron chi connectivity index (χ3n) is 3.57. The van der Waals surface area contributed by atoms with Gasteiger partial charge in [-0.2, -0.15) is 13.2 Å². The lowest BCUT2D eigenvalue weighted by atomic mass is 10.4. The summed E-state index contributed by atoms with van der Waals surface area (Å²) in [5.41, 5.74) is -0.0530. The lowest BCUT2D eigenvalue weighted by molar-refractivity contribution is -0.133. The van der Waals surface area contributed by atoms with Crippen LogP contribution in [-0.2, 0) is 4.79 Å². The van der Waals surface area contributed by atoms with E-state index in [1.54, 1.807) is 14.1 Å². The highest BCUT2D eigenvalue weighted by atomic mass is 32.1. The van der Waals surface area contributed by atoms with Crippen molar-refractivity contribution in [1.82, 2.24) is 20.1 Å². The molecule has 0 aliphatic carbocycles. The Morgan fingerprint density at radius 1 is 1.35 bits per heavy atom. The molecular formula is C14H18F3N5O3S. The van der Waals surface area contributed by atoms with Crippen LogP contribution < -0.4 is 10.2 Å². The third kappa shape index (κ3) is 5.07. The second-order valence-corrected chi connectivity index (χ2v) is 6.62. The van der Waals surface area contributed by atoms with E-state index in [9.17, 15) is 27.6 Å². The van der Waals surface area contributed by atoms with Gasteiger partial charge in [0.05, 0.1) is 6.42 Å². The van der Waals surface area contributed by atoms with E-state index in [1.165, 1.54) is 20.1 Å². The summed E-state index contributed by atoms with van der Waals surface area (Å²) in [5.74, 6) is -0.952. The van der Waals surface area contributed by atoms with E-state index in [1.807, 2.05) is 0 Å². The minimum Gasteiger partial charge on any atom is -0.350 e. The van der Waals surface area contributed by atoms with Gasteiger partial charge in [-0.05, 0) is 0 Å². The number of urea groups is 1. The van der Waals surface area contributed by atoms with Crippen LogP contribution in [0.25, 0.3) is 0 Å². The first-order valence-electron chi connectivity index (χ1n) is 7.65. The van der Waals surface area contributed by atoms with Crippen LogP contribution in [0, 0.1) is 0 Å². The number of nitrogens with zero attached hydrogens (tertiary/aromatic N) is 4. The predicted octanol–water partition coefficient (Wildman–Crippen LogP) is 1.16. The third-order valence-corrected chi connectivity index (χ3v) is 4.43. The molecule has 0 aromatic carbocycles. The molecule has 12 heteroatoms. The number of hydrogen-bond acceptors (Lipinski definition) is 5. The summed E-state index contributed by atoms with van der Waals surface area (Å²) >= 11 is 1.03. The van der Waals surface area contributed by atoms with Gasteiger partial charge in [0.15, 0.2) is 5.13 Å². The quantitative estimate of drug-likeness (QED) is 0.786. The molecule has 0 saturated carbocycles. The summed E-state index contributed by atoms with van der Waals surface area (Å²) < 4.78 is 36.3. The van der Waals surface area contributed by atoms with E-state index in [4.69, 9.17) is 0 Å². The number of anilines is 1. The molecule has 0 unspecified atom stereocenters. The number of carbonyl (C=O) groups excluding carboxylic acids is 3. The zero-order valence-corrected chi connectivity index (χ0v) is 15.0. The normalized spacial score (nSPS) is 14.7. The number of carbonyl (C=O) groups is 3. The maximum Gasteiger partial charge on any atom is 0.390 e. The molecule has 1 saturated heterocycles. The monoisotopic (exact) mass is 393 g/mol. The fraction of sp³-hybridized carbons (Fsp3) is 0.571. The average molecular weight is 393 g/mol. The summed E-state index contributed by atoms with van der Waals surface area (Å²) in [5, 5.41) is 3.77. The molecule has 0 radical (unpaired) electrons. The number of likely N-dealkylation sites (N-methyl/N-ethyl adjacent to an activating group) is 1. The molecule has 4 amide bonds. The highest BCUT2D eigenvalue weighted by Gasteiger charge is 2.33. The first kappa shape index (κ1) is 19.9. The summed E-state index contributed by atoms with van der Waals surface area (Å²) in [6.45, 7) is 0.0457. The smallest absolute Gasteiger partial charge is 0.350 e. The Balaban J connectivity index is 1.94. The number of thiazole rings is 1. The first-order chi connectivity index (χ1) is 12.1. The van der Waals surface area contributed by atoms with Crippen molar-refractivity contribution in [2.24, 2.45) is 0 Å². The van der Waals surface area contributed by atoms with Gasteiger partial charge in [-0.1, -0.05) is 0 Å². The maximum absolute atomic E-state index is 12.3. The number of hydrogen-bond donors (Lipinski definition) is 1. The van der Waals surface area contributed by atoms with E-state index in [-0.39, 0.29) is 23.3 Å². The second-order valence-electron chi connectivity index (χ2n) is 5.78. The summed E-state index contributed by atoms with van der Waals surface area (Å²) in [7, 11) is 3.18. The summed E-state index contributed by atoms with van der Waals surface area (Å²) in [6, 6.07) is -0.404. The van der Waals surface area contributed by atoms with Crippen molar-refractivity contribution in [2.75, 3.05) is 45.2 Å². The largest absolute Gasteiger partial charge is 0.390 e. The molecule has 8 nitrogen and oxygen atoms in total. The van der Waals surface area contributed by atoms with E-state index in [0.29, 0.717) is 13.1 Å². The van der Waals surface area contributed by atoms with E-state index < -0.39 is 31.1 Å². The first-order valence-corrected chi connectivity index (χ1v) is 8.53. The van der Waals surface area contributed by atoms with Crippen LogP contribution >= 0.6 is 11.3 Å². The lowest BCUT2D eigenvalue weighted by Gasteiger charge is -2.18. The van der Waals surface area contributed by atoms with E-state index in [2.05, 4.69) is 10.3 Å². The Morgan fingerprint density at radius 3 is 2.65 bits per heavy atom. The second kappa shape index (κ2) is 7.89. The van der Waals surface area contributed by atoms with Crippen LogP contribution in [0.2, 0.25) is 0 Å². The molecule has 2 rings (SSSR count). The molecule has 1 fully saturated rings. The van der Waals surface area contributed by atoms with Gasteiger partial charge < -0.3 is 15.1 Å². The molecule has 26 heavy (non-hydrogen) atoms. The van der Waals surface area contributed by atoms with Crippen molar-refractivity contribution in [3.05, 3.63) is 11.1 Å². The Kier molecular flexibility index (Phi) is 6.05. The fourth-order valence-electron chi connectivity index (χ4n) is 2.11. The molecule has 1 aliphatic heterocycles. The van der Waals surface area contributed by atoms with Crippen molar-refractivity contribution in [3.8, 4) is 0 Å². The summed E-state index contributed by atoms with van der Waals surface area (Å²) in [4.78, 5) is 44.0. The van der Waals surface area contributed by atoms with Crippen LogP contribution in [0.3, 0.4) is 0 Å². The number of amides is 4. The highest BCUT2D eigenvalue weighted by molar-refractivity contribution is 7.14. The predicted molar refractivity (Wildman–Crippen MR) is 88.1 cm³/mol. The van der Waals surface area contributed by atoms with Crippen LogP contribution in [-0.4, -0.2) is 79.1 Å². The molecule has 0 spiro atoms. The number of aromatic nitrogens is 1. The Morgan fingerprint density at radius 2 is 2.04 bits per heavy atom. The molecule has 0 atom stereocenters. The summed E-state index contributed by atoms with van der Waals surface area (Å²) in [6.07, 6.45) is -5.48. The maximum atomic E-state index is 12.3. The Bertz CT molecular complexity index is 692. The average Bonchev–Trinajstić information content (AvgIpc) is 3.13. The van der Waals surface area contributed by atoms with Crippen LogP contribution in [0.15, 0.2) is 5.38 Å². The van der Waals surface area contributed by atoms with Gasteiger partial charge in [-0.15, -0.1) is 11.3 Å². The molecule has 1 aromatic heterocycles. The topological polar surface area (TPSA) is 85.8 Å². The molecule has 2 heterocycles. The lowest BCUT2D eigenvalue weighted by Crippen LogP contribution is -2.39. The zero-order chi connectivity index (χ0) is 19.5. The SMILES string of the molecule is CN(C)C(=O)CN1CCN(c2nc(C(=O)NCCC(F)(F)F)cs2)C1=O. The zero-order valence-electron chi connectivity index (χ0n) is 14.2. The van der Waals surface area contributed by atoms with Crippen LogP contribution in [0.4, 0.5) is 23.1 Å². The number of rotatable bonds is 6. The highest BCUT2D eigenvalue weighted by Crippen LogP contribution is 2.25. The van der Waals surface area contributed by atoms with Crippen LogP contribution in [0.5, 0.6) is 0 Å². The van der Waals surface area contributed by atoms with Gasteiger partial charge in [0, 0.05) is 39.1 Å². The Hall–Kier alpha value is -2.37. The minimum absolute atomic E-state index is 0.0530. The van der Waals surface area contributed by atoms with Gasteiger partial charge in [-0.25, -0.2) is 9.78 Å². The molecule has 1 aromatic rings. The van der Waals surface area contributed by atoms with E-state index in [0.717, 1.165) is 11.3 Å². The van der Waals surface area contributed by atoms with Crippen molar-refractivity contribution >= 4 is 34.3 Å². The number of halogens is 3. The van der Waals surface area contributed by atoms with Crippen molar-refractivity contribution in [2.45, 2.75) is 12.6 Å². The number of alkyl halides is 3. The van der Waals surface area contributed by atoms with Gasteiger partial charge in [0.1, 0.15) is 12.2 Å². The molecule has 1 aliphatic rings. The van der Waals surface area contributed by atoms with E-state index >= 15 is 0 Å². The molecule has 144 valence electrons. The number of nitrogens with one attached hydrogen (secondary N) is 1. The van der Waals surface area contributed by atoms with Crippen LogP contribution in [0.1, 0.15) is 16.9 Å². The van der Waals surface area contributed by atoms with Gasteiger partial charge in [0.25, 0.3) is 5.91 Å². The van der Waals surface area contributed by atoms with Gasteiger partial charge in [0.2, 0.25) is 5.91 Å². The Labute approximate surface area is 151 Å². The van der Waals surface area contributed by atoms with Crippen molar-refractivity contribution in [3.63, 3.8) is 0 Å². The van der Waals surface area contributed by atoms with Crippen molar-refractivity contribution in [1.29, 1.82) is 0 Å². The standard InChI is InChI=1S/C14H18F3N5O3S/c1-20(2)10(23)7-21-5-6-22(13(21)25)12-19-9(8-26-12)11(24)18-4-3-14(15,16)17/h8H,3-7H2,1-2H3,(H,18,24). The van der Waals surface area contributed by atoms with Gasteiger partial charge in [-0.3, -0.25) is 14.5 Å². The molecular weight excluding hydrogens is 375 g/mol. The minimum atomic E-state index is -4.35. The van der Waals surface area contributed by atoms with Crippen molar-refractivity contribution < 1.29 is 27.6 Å². The molecule has 0 bridgehead atoms.